The summed E-state index contributed by atoms with van der Waals surface area (Å²) in [5, 5.41) is 9.02. The maximum atomic E-state index is 5.54. The van der Waals surface area contributed by atoms with Gasteiger partial charge in [0.15, 0.2) is 17.5 Å². The van der Waals surface area contributed by atoms with E-state index < -0.39 is 0 Å². The van der Waals surface area contributed by atoms with E-state index >= 15 is 0 Å². The molecule has 8 heteroatoms. The Labute approximate surface area is 183 Å². The van der Waals surface area contributed by atoms with Crippen molar-refractivity contribution < 1.29 is 14.2 Å². The Morgan fingerprint density at radius 1 is 1.17 bits per heavy atom. The number of rotatable bonds is 9. The quantitative estimate of drug-likeness (QED) is 0.469. The fraction of sp³-hybridized carbons (Fsp3) is 0.500. The van der Waals surface area contributed by atoms with E-state index in [0.717, 1.165) is 56.7 Å². The Morgan fingerprint density at radius 2 is 2.00 bits per heavy atom. The van der Waals surface area contributed by atoms with E-state index in [0.29, 0.717) is 18.3 Å². The third-order valence-electron chi connectivity index (χ3n) is 5.06. The molecular formula is C22H32N4O3S. The molecule has 164 valence electrons. The van der Waals surface area contributed by atoms with E-state index in [1.54, 1.807) is 25.6 Å². The zero-order valence-corrected chi connectivity index (χ0v) is 18.8. The standard InChI is InChI=1S/C22H32N4O3S/c1-4-23-22(24-15-17-7-5-8-19(27-2)21(17)28-3)25-16-18(20-9-6-14-30-20)26-10-12-29-13-11-26/h5-9,14,18H,4,10-13,15-16H2,1-3H3,(H2,23,24,25). The van der Waals surface area contributed by atoms with Crippen molar-refractivity contribution in [2.45, 2.75) is 19.5 Å². The molecule has 1 aromatic carbocycles. The van der Waals surface area contributed by atoms with Gasteiger partial charge in [-0.05, 0) is 24.4 Å². The van der Waals surface area contributed by atoms with Crippen molar-refractivity contribution in [1.82, 2.24) is 15.5 Å². The van der Waals surface area contributed by atoms with Crippen LogP contribution in [0.5, 0.6) is 11.5 Å². The molecule has 1 saturated heterocycles. The van der Waals surface area contributed by atoms with Crippen molar-refractivity contribution in [3.8, 4) is 11.5 Å². The van der Waals surface area contributed by atoms with Gasteiger partial charge in [-0.3, -0.25) is 4.90 Å². The smallest absolute Gasteiger partial charge is 0.191 e. The number of para-hydroxylation sites is 1. The van der Waals surface area contributed by atoms with Crippen LogP contribution in [-0.2, 0) is 11.3 Å². The summed E-state index contributed by atoms with van der Waals surface area (Å²) in [5.74, 6) is 2.23. The predicted octanol–water partition coefficient (Wildman–Crippen LogP) is 2.89. The minimum absolute atomic E-state index is 0.295. The first-order valence-corrected chi connectivity index (χ1v) is 11.2. The number of benzene rings is 1. The second kappa shape index (κ2) is 11.8. The van der Waals surface area contributed by atoms with Gasteiger partial charge in [0, 0.05) is 36.6 Å². The minimum atomic E-state index is 0.295. The van der Waals surface area contributed by atoms with Gasteiger partial charge in [-0.2, -0.15) is 0 Å². The van der Waals surface area contributed by atoms with E-state index in [-0.39, 0.29) is 0 Å². The monoisotopic (exact) mass is 432 g/mol. The van der Waals surface area contributed by atoms with Gasteiger partial charge in [0.2, 0.25) is 0 Å². The molecule has 0 spiro atoms. The second-order valence-corrected chi connectivity index (χ2v) is 7.89. The van der Waals surface area contributed by atoms with Crippen molar-refractivity contribution >= 4 is 17.3 Å². The van der Waals surface area contributed by atoms with Crippen LogP contribution in [0.25, 0.3) is 0 Å². The average Bonchev–Trinajstić information content (AvgIpc) is 3.32. The zero-order valence-electron chi connectivity index (χ0n) is 18.0. The highest BCUT2D eigenvalue weighted by Crippen LogP contribution is 2.31. The van der Waals surface area contributed by atoms with Crippen LogP contribution in [0, 0.1) is 0 Å². The third kappa shape index (κ3) is 5.87. The first kappa shape index (κ1) is 22.4. The fourth-order valence-electron chi connectivity index (χ4n) is 3.56. The molecule has 30 heavy (non-hydrogen) atoms. The topological polar surface area (TPSA) is 67.4 Å². The number of guanidine groups is 1. The molecule has 2 N–H and O–H groups in total. The molecule has 1 fully saturated rings. The molecule has 7 nitrogen and oxygen atoms in total. The number of nitrogens with zero attached hydrogens (tertiary/aromatic N) is 2. The van der Waals surface area contributed by atoms with Crippen molar-refractivity contribution in [1.29, 1.82) is 0 Å². The van der Waals surface area contributed by atoms with Gasteiger partial charge in [0.1, 0.15) is 0 Å². The molecule has 1 atom stereocenters. The van der Waals surface area contributed by atoms with Gasteiger partial charge in [-0.15, -0.1) is 11.3 Å². The van der Waals surface area contributed by atoms with E-state index in [1.165, 1.54) is 4.88 Å². The number of hydrogen-bond acceptors (Lipinski definition) is 6. The number of aliphatic imine (C=N–C) groups is 1. The van der Waals surface area contributed by atoms with Gasteiger partial charge in [-0.1, -0.05) is 18.2 Å². The molecule has 1 unspecified atom stereocenters. The molecule has 1 aliphatic heterocycles. The number of hydrogen-bond donors (Lipinski definition) is 2. The van der Waals surface area contributed by atoms with E-state index in [2.05, 4.69) is 40.0 Å². The first-order chi connectivity index (χ1) is 14.8. The SMILES string of the molecule is CCNC(=NCc1cccc(OC)c1OC)NCC(c1cccs1)N1CCOCC1. The summed E-state index contributed by atoms with van der Waals surface area (Å²) in [6.07, 6.45) is 0. The summed E-state index contributed by atoms with van der Waals surface area (Å²) in [7, 11) is 3.30. The molecule has 0 saturated carbocycles. The van der Waals surface area contributed by atoms with Crippen LogP contribution in [0.2, 0.25) is 0 Å². The molecule has 1 aliphatic rings. The highest BCUT2D eigenvalue weighted by molar-refractivity contribution is 7.10. The minimum Gasteiger partial charge on any atom is -0.493 e. The third-order valence-corrected chi connectivity index (χ3v) is 6.03. The molecule has 1 aromatic heterocycles. The Hall–Kier alpha value is -2.29. The van der Waals surface area contributed by atoms with Crippen LogP contribution in [0.4, 0.5) is 0 Å². The average molecular weight is 433 g/mol. The van der Waals surface area contributed by atoms with Crippen molar-refractivity contribution in [2.75, 3.05) is 53.6 Å². The predicted molar refractivity (Wildman–Crippen MR) is 122 cm³/mol. The van der Waals surface area contributed by atoms with Crippen LogP contribution >= 0.6 is 11.3 Å². The maximum Gasteiger partial charge on any atom is 0.191 e. The van der Waals surface area contributed by atoms with Gasteiger partial charge >= 0.3 is 0 Å². The number of morpholine rings is 1. The van der Waals surface area contributed by atoms with Crippen LogP contribution in [0.3, 0.4) is 0 Å². The Balaban J connectivity index is 1.71. The summed E-state index contributed by atoms with van der Waals surface area (Å²) in [6, 6.07) is 10.5. The van der Waals surface area contributed by atoms with Crippen molar-refractivity contribution in [2.24, 2.45) is 4.99 Å². The molecular weight excluding hydrogens is 400 g/mol. The van der Waals surface area contributed by atoms with Crippen LogP contribution < -0.4 is 20.1 Å². The second-order valence-electron chi connectivity index (χ2n) is 6.91. The number of methoxy groups -OCH3 is 2. The van der Waals surface area contributed by atoms with Crippen LogP contribution in [-0.4, -0.2) is 64.5 Å². The molecule has 3 rings (SSSR count). The summed E-state index contributed by atoms with van der Waals surface area (Å²) in [4.78, 5) is 8.62. The van der Waals surface area contributed by atoms with E-state index in [9.17, 15) is 0 Å². The van der Waals surface area contributed by atoms with Gasteiger partial charge in [0.25, 0.3) is 0 Å². The Kier molecular flexibility index (Phi) is 8.80. The maximum absolute atomic E-state index is 5.54. The lowest BCUT2D eigenvalue weighted by atomic mass is 10.2. The lowest BCUT2D eigenvalue weighted by Gasteiger charge is -2.34. The highest BCUT2D eigenvalue weighted by atomic mass is 32.1. The van der Waals surface area contributed by atoms with E-state index in [1.807, 2.05) is 18.2 Å². The normalized spacial score (nSPS) is 16.2. The van der Waals surface area contributed by atoms with Crippen LogP contribution in [0.1, 0.15) is 23.4 Å². The first-order valence-electron chi connectivity index (χ1n) is 10.3. The Bertz CT molecular complexity index is 792. The van der Waals surface area contributed by atoms with Crippen LogP contribution in [0.15, 0.2) is 40.7 Å². The molecule has 2 aromatic rings. The highest BCUT2D eigenvalue weighted by Gasteiger charge is 2.23. The molecule has 0 radical (unpaired) electrons. The largest absolute Gasteiger partial charge is 0.493 e. The van der Waals surface area contributed by atoms with Crippen molar-refractivity contribution in [3.63, 3.8) is 0 Å². The lowest BCUT2D eigenvalue weighted by molar-refractivity contribution is 0.0177. The summed E-state index contributed by atoms with van der Waals surface area (Å²) in [6.45, 7) is 7.60. The number of ether oxygens (including phenoxy) is 3. The zero-order chi connectivity index (χ0) is 21.2. The molecule has 0 bridgehead atoms. The number of thiophene rings is 1. The molecule has 2 heterocycles. The van der Waals surface area contributed by atoms with Gasteiger partial charge in [-0.25, -0.2) is 4.99 Å². The number of nitrogens with one attached hydrogen (secondary N) is 2. The summed E-state index contributed by atoms with van der Waals surface area (Å²) < 4.78 is 16.5. The summed E-state index contributed by atoms with van der Waals surface area (Å²) in [5.41, 5.74) is 0.983. The summed E-state index contributed by atoms with van der Waals surface area (Å²) >= 11 is 1.80. The van der Waals surface area contributed by atoms with E-state index in [4.69, 9.17) is 19.2 Å². The molecule has 0 amide bonds. The van der Waals surface area contributed by atoms with Gasteiger partial charge in [0.05, 0.1) is 40.0 Å². The van der Waals surface area contributed by atoms with Crippen molar-refractivity contribution in [3.05, 3.63) is 46.2 Å². The van der Waals surface area contributed by atoms with Gasteiger partial charge < -0.3 is 24.8 Å². The lowest BCUT2D eigenvalue weighted by Crippen LogP contribution is -2.46. The Morgan fingerprint density at radius 3 is 2.67 bits per heavy atom. The molecule has 0 aliphatic carbocycles. The fourth-order valence-corrected chi connectivity index (χ4v) is 4.42.